The fourth-order valence-electron chi connectivity index (χ4n) is 1.75. The van der Waals surface area contributed by atoms with Crippen LogP contribution in [0.15, 0.2) is 23.1 Å². The molecule has 3 nitrogen and oxygen atoms in total. The zero-order valence-electron chi connectivity index (χ0n) is 9.19. The molecule has 0 saturated carbocycles. The monoisotopic (exact) mass is 272 g/mol. The van der Waals surface area contributed by atoms with E-state index in [4.69, 9.17) is 21.4 Å². The lowest BCUT2D eigenvalue weighted by Crippen LogP contribution is -2.08. The first-order valence-corrected chi connectivity index (χ1v) is 6.80. The summed E-state index contributed by atoms with van der Waals surface area (Å²) < 4.78 is 5.50. The average Bonchev–Trinajstić information content (AvgIpc) is 2.78. The molecule has 1 aromatic rings. The van der Waals surface area contributed by atoms with Gasteiger partial charge in [0.15, 0.2) is 0 Å². The molecule has 2 rings (SSSR count). The lowest BCUT2D eigenvalue weighted by atomic mass is 10.2. The number of benzene rings is 1. The van der Waals surface area contributed by atoms with E-state index in [1.54, 1.807) is 18.2 Å². The van der Waals surface area contributed by atoms with Gasteiger partial charge in [-0.15, -0.1) is 11.8 Å². The highest BCUT2D eigenvalue weighted by Gasteiger charge is 2.17. The van der Waals surface area contributed by atoms with E-state index in [-0.39, 0.29) is 6.10 Å². The van der Waals surface area contributed by atoms with Gasteiger partial charge >= 0.3 is 5.97 Å². The molecule has 1 aliphatic rings. The van der Waals surface area contributed by atoms with Gasteiger partial charge in [-0.3, -0.25) is 0 Å². The van der Waals surface area contributed by atoms with Gasteiger partial charge in [0.1, 0.15) is 0 Å². The van der Waals surface area contributed by atoms with Crippen molar-refractivity contribution in [2.24, 2.45) is 0 Å². The summed E-state index contributed by atoms with van der Waals surface area (Å²) in [5.41, 5.74) is 0.303. The first-order valence-electron chi connectivity index (χ1n) is 5.44. The maximum absolute atomic E-state index is 11.0. The molecule has 0 amide bonds. The number of carboxylic acids is 1. The highest BCUT2D eigenvalue weighted by atomic mass is 35.5. The van der Waals surface area contributed by atoms with Crippen LogP contribution in [0.25, 0.3) is 0 Å². The third-order valence-electron chi connectivity index (χ3n) is 2.62. The Hall–Kier alpha value is -0.710. The van der Waals surface area contributed by atoms with E-state index in [2.05, 4.69) is 0 Å². The Labute approximate surface area is 109 Å². The van der Waals surface area contributed by atoms with Crippen LogP contribution in [-0.2, 0) is 4.74 Å². The van der Waals surface area contributed by atoms with Crippen molar-refractivity contribution in [3.05, 3.63) is 28.8 Å². The van der Waals surface area contributed by atoms with Crippen molar-refractivity contribution < 1.29 is 14.6 Å². The summed E-state index contributed by atoms with van der Waals surface area (Å²) in [6, 6.07) is 4.84. The van der Waals surface area contributed by atoms with Crippen LogP contribution in [0.1, 0.15) is 23.2 Å². The van der Waals surface area contributed by atoms with Crippen molar-refractivity contribution in [3.63, 3.8) is 0 Å². The van der Waals surface area contributed by atoms with E-state index in [9.17, 15) is 4.79 Å². The number of ether oxygens (including phenoxy) is 1. The number of aromatic carboxylic acids is 1. The van der Waals surface area contributed by atoms with Crippen molar-refractivity contribution in [1.29, 1.82) is 0 Å². The fraction of sp³-hybridized carbons (Fsp3) is 0.417. The molecule has 1 aliphatic heterocycles. The number of carbonyl (C=O) groups is 1. The maximum Gasteiger partial charge on any atom is 0.336 e. The Morgan fingerprint density at radius 1 is 1.59 bits per heavy atom. The summed E-state index contributed by atoms with van der Waals surface area (Å²) in [4.78, 5) is 11.8. The first kappa shape index (κ1) is 12.7. The Kier molecular flexibility index (Phi) is 4.31. The van der Waals surface area contributed by atoms with E-state index >= 15 is 0 Å². The van der Waals surface area contributed by atoms with Crippen LogP contribution in [0.4, 0.5) is 0 Å². The molecule has 0 aliphatic carbocycles. The maximum atomic E-state index is 11.0. The minimum atomic E-state index is -0.920. The van der Waals surface area contributed by atoms with Crippen LogP contribution in [0.3, 0.4) is 0 Å². The number of rotatable bonds is 4. The summed E-state index contributed by atoms with van der Waals surface area (Å²) in [5.74, 6) is -0.142. The van der Waals surface area contributed by atoms with Crippen molar-refractivity contribution in [3.8, 4) is 0 Å². The highest BCUT2D eigenvalue weighted by Crippen LogP contribution is 2.29. The Morgan fingerprint density at radius 2 is 2.41 bits per heavy atom. The second kappa shape index (κ2) is 5.76. The minimum Gasteiger partial charge on any atom is -0.478 e. The molecule has 1 saturated heterocycles. The van der Waals surface area contributed by atoms with Gasteiger partial charge in [0, 0.05) is 22.3 Å². The standard InChI is InChI=1S/C12H13ClO3S/c13-8-3-4-10(12(14)15)11(6-8)17-7-9-2-1-5-16-9/h3-4,6,9H,1-2,5,7H2,(H,14,15). The molecule has 1 atom stereocenters. The van der Waals surface area contributed by atoms with Gasteiger partial charge in [-0.25, -0.2) is 4.79 Å². The van der Waals surface area contributed by atoms with Crippen LogP contribution in [0, 0.1) is 0 Å². The van der Waals surface area contributed by atoms with Crippen molar-refractivity contribution in [2.45, 2.75) is 23.8 Å². The molecule has 0 spiro atoms. The summed E-state index contributed by atoms with van der Waals surface area (Å²) in [6.07, 6.45) is 2.38. The van der Waals surface area contributed by atoms with Gasteiger partial charge in [-0.05, 0) is 31.0 Å². The molecular weight excluding hydrogens is 260 g/mol. The van der Waals surface area contributed by atoms with Crippen LogP contribution in [-0.4, -0.2) is 29.5 Å². The largest absolute Gasteiger partial charge is 0.478 e. The third kappa shape index (κ3) is 3.37. The van der Waals surface area contributed by atoms with Crippen molar-refractivity contribution in [2.75, 3.05) is 12.4 Å². The molecule has 1 unspecified atom stereocenters. The molecular formula is C12H13ClO3S. The molecule has 92 valence electrons. The predicted octanol–water partition coefficient (Wildman–Crippen LogP) is 3.31. The smallest absolute Gasteiger partial charge is 0.336 e. The van der Waals surface area contributed by atoms with E-state index in [0.717, 1.165) is 25.2 Å². The summed E-state index contributed by atoms with van der Waals surface area (Å²) in [7, 11) is 0. The first-order chi connectivity index (χ1) is 8.16. The lowest BCUT2D eigenvalue weighted by molar-refractivity contribution is 0.0693. The van der Waals surface area contributed by atoms with Gasteiger partial charge < -0.3 is 9.84 Å². The van der Waals surface area contributed by atoms with Gasteiger partial charge in [0.25, 0.3) is 0 Å². The second-order valence-corrected chi connectivity index (χ2v) is 5.39. The van der Waals surface area contributed by atoms with Crippen LogP contribution in [0.5, 0.6) is 0 Å². The molecule has 1 aromatic carbocycles. The zero-order valence-corrected chi connectivity index (χ0v) is 10.8. The number of thioether (sulfide) groups is 1. The predicted molar refractivity (Wildman–Crippen MR) is 68.1 cm³/mol. The molecule has 17 heavy (non-hydrogen) atoms. The van der Waals surface area contributed by atoms with Crippen LogP contribution in [0.2, 0.25) is 5.02 Å². The Morgan fingerprint density at radius 3 is 3.06 bits per heavy atom. The fourth-order valence-corrected chi connectivity index (χ4v) is 3.14. The van der Waals surface area contributed by atoms with E-state index in [1.807, 2.05) is 0 Å². The molecule has 5 heteroatoms. The number of hydrogen-bond donors (Lipinski definition) is 1. The molecule has 1 heterocycles. The van der Waals surface area contributed by atoms with Crippen LogP contribution >= 0.6 is 23.4 Å². The number of halogens is 1. The van der Waals surface area contributed by atoms with Crippen molar-refractivity contribution >= 4 is 29.3 Å². The number of carboxylic acid groups (broad SMARTS) is 1. The minimum absolute atomic E-state index is 0.237. The lowest BCUT2D eigenvalue weighted by Gasteiger charge is -2.10. The average molecular weight is 273 g/mol. The molecule has 0 bridgehead atoms. The van der Waals surface area contributed by atoms with Gasteiger partial charge in [-0.1, -0.05) is 11.6 Å². The van der Waals surface area contributed by atoms with E-state index in [1.165, 1.54) is 11.8 Å². The van der Waals surface area contributed by atoms with Crippen molar-refractivity contribution in [1.82, 2.24) is 0 Å². The van der Waals surface area contributed by atoms with E-state index < -0.39 is 5.97 Å². The van der Waals surface area contributed by atoms with Gasteiger partial charge in [-0.2, -0.15) is 0 Å². The zero-order chi connectivity index (χ0) is 12.3. The van der Waals surface area contributed by atoms with E-state index in [0.29, 0.717) is 15.5 Å². The summed E-state index contributed by atoms with van der Waals surface area (Å²) >= 11 is 7.38. The molecule has 0 radical (unpaired) electrons. The summed E-state index contributed by atoms with van der Waals surface area (Å²) in [6.45, 7) is 0.812. The summed E-state index contributed by atoms with van der Waals surface area (Å²) in [5, 5.41) is 9.62. The quantitative estimate of drug-likeness (QED) is 0.854. The SMILES string of the molecule is O=C(O)c1ccc(Cl)cc1SCC1CCCO1. The van der Waals surface area contributed by atoms with Gasteiger partial charge in [0.05, 0.1) is 11.7 Å². The topological polar surface area (TPSA) is 46.5 Å². The Balaban J connectivity index is 2.07. The van der Waals surface area contributed by atoms with Crippen LogP contribution < -0.4 is 0 Å². The molecule has 1 fully saturated rings. The molecule has 0 aromatic heterocycles. The third-order valence-corrected chi connectivity index (χ3v) is 4.05. The molecule has 1 N–H and O–H groups in total. The Bertz CT molecular complexity index is 416. The highest BCUT2D eigenvalue weighted by molar-refractivity contribution is 7.99. The second-order valence-electron chi connectivity index (χ2n) is 3.89. The normalized spacial score (nSPS) is 19.5. The van der Waals surface area contributed by atoms with Gasteiger partial charge in [0.2, 0.25) is 0 Å². The number of hydrogen-bond acceptors (Lipinski definition) is 3.